The number of benzene rings is 1. The van der Waals surface area contributed by atoms with Crippen LogP contribution in [0, 0.1) is 0 Å². The summed E-state index contributed by atoms with van der Waals surface area (Å²) in [6.45, 7) is 3.92. The summed E-state index contributed by atoms with van der Waals surface area (Å²) in [6.07, 6.45) is 5.29. The fourth-order valence-electron chi connectivity index (χ4n) is 5.81. The van der Waals surface area contributed by atoms with Crippen molar-refractivity contribution < 1.29 is 4.74 Å². The number of hydrogen-bond acceptors (Lipinski definition) is 7. The topological polar surface area (TPSA) is 79.9 Å². The van der Waals surface area contributed by atoms with Gasteiger partial charge in [0.05, 0.1) is 47.5 Å². The highest BCUT2D eigenvalue weighted by atomic mass is 16.5. The lowest BCUT2D eigenvalue weighted by Crippen LogP contribution is -2.64. The first-order valence-corrected chi connectivity index (χ1v) is 11.5. The van der Waals surface area contributed by atoms with Crippen LogP contribution in [-0.2, 0) is 11.2 Å². The predicted molar refractivity (Wildman–Crippen MR) is 125 cm³/mol. The molecule has 3 saturated heterocycles. The highest BCUT2D eigenvalue weighted by Gasteiger charge is 2.45. The van der Waals surface area contributed by atoms with E-state index in [2.05, 4.69) is 45.1 Å². The normalized spacial score (nSPS) is 25.1. The molecule has 1 aromatic carbocycles. The van der Waals surface area contributed by atoms with E-state index in [4.69, 9.17) is 20.4 Å². The van der Waals surface area contributed by atoms with Gasteiger partial charge in [0, 0.05) is 43.2 Å². The summed E-state index contributed by atoms with van der Waals surface area (Å²) >= 11 is 0. The molecule has 0 aliphatic carbocycles. The van der Waals surface area contributed by atoms with Crippen LogP contribution in [0.25, 0.3) is 22.3 Å². The molecule has 0 saturated carbocycles. The fraction of sp³-hybridized carbons (Fsp3) is 0.400. The van der Waals surface area contributed by atoms with E-state index in [9.17, 15) is 0 Å². The Morgan fingerprint density at radius 1 is 0.938 bits per heavy atom. The molecule has 0 radical (unpaired) electrons. The van der Waals surface area contributed by atoms with Gasteiger partial charge in [0.1, 0.15) is 5.84 Å². The number of aromatic nitrogens is 2. The molecule has 32 heavy (non-hydrogen) atoms. The molecule has 7 rings (SSSR count). The summed E-state index contributed by atoms with van der Waals surface area (Å²) in [5.41, 5.74) is 13.0. The van der Waals surface area contributed by atoms with Crippen LogP contribution in [0.2, 0.25) is 0 Å². The van der Waals surface area contributed by atoms with Gasteiger partial charge in [-0.1, -0.05) is 12.1 Å². The quantitative estimate of drug-likeness (QED) is 0.694. The number of nitrogens with zero attached hydrogens (tertiary/aromatic N) is 5. The minimum Gasteiger partial charge on any atom is -0.387 e. The molecule has 0 amide bonds. The molecule has 4 aliphatic heterocycles. The first-order chi connectivity index (χ1) is 15.7. The molecule has 162 valence electrons. The molecule has 6 heterocycles. The van der Waals surface area contributed by atoms with Gasteiger partial charge in [-0.15, -0.1) is 0 Å². The SMILES string of the molecule is NC1=Nc2cc(-c3ccc4ncc(N5CC(N6C7CCC6COC7)C5)cc4n3)ccc2C1. The zero-order chi connectivity index (χ0) is 21.2. The van der Waals surface area contributed by atoms with Crippen molar-refractivity contribution >= 4 is 28.2 Å². The average Bonchev–Trinajstić information content (AvgIpc) is 3.25. The van der Waals surface area contributed by atoms with E-state index in [0.29, 0.717) is 24.0 Å². The number of nitrogens with two attached hydrogens (primary N) is 1. The molecule has 2 bridgehead atoms. The Kier molecular flexibility index (Phi) is 4.05. The van der Waals surface area contributed by atoms with Crippen molar-refractivity contribution in [1.29, 1.82) is 0 Å². The summed E-state index contributed by atoms with van der Waals surface area (Å²) in [7, 11) is 0. The maximum atomic E-state index is 5.90. The van der Waals surface area contributed by atoms with Gasteiger partial charge in [-0.3, -0.25) is 9.88 Å². The number of ether oxygens (including phenoxy) is 1. The Morgan fingerprint density at radius 3 is 2.62 bits per heavy atom. The number of rotatable bonds is 3. The molecule has 3 aromatic rings. The van der Waals surface area contributed by atoms with Crippen LogP contribution < -0.4 is 10.6 Å². The van der Waals surface area contributed by atoms with Crippen LogP contribution in [0.1, 0.15) is 18.4 Å². The Labute approximate surface area is 186 Å². The van der Waals surface area contributed by atoms with E-state index >= 15 is 0 Å². The number of morpholine rings is 1. The summed E-state index contributed by atoms with van der Waals surface area (Å²) in [5, 5.41) is 0. The van der Waals surface area contributed by atoms with Crippen LogP contribution in [0.15, 0.2) is 47.6 Å². The average molecular weight is 427 g/mol. The number of amidine groups is 1. The molecule has 4 aliphatic rings. The predicted octanol–water partition coefficient (Wildman–Crippen LogP) is 2.89. The van der Waals surface area contributed by atoms with Crippen molar-refractivity contribution in [2.24, 2.45) is 10.7 Å². The first kappa shape index (κ1) is 18.5. The van der Waals surface area contributed by atoms with E-state index in [1.807, 2.05) is 12.3 Å². The maximum absolute atomic E-state index is 5.90. The number of aliphatic imine (C=N–C) groups is 1. The molecule has 2 unspecified atom stereocenters. The Bertz CT molecular complexity index is 1230. The van der Waals surface area contributed by atoms with Crippen LogP contribution in [0.5, 0.6) is 0 Å². The van der Waals surface area contributed by atoms with Crippen molar-refractivity contribution in [1.82, 2.24) is 14.9 Å². The van der Waals surface area contributed by atoms with E-state index in [-0.39, 0.29) is 0 Å². The molecule has 2 N–H and O–H groups in total. The zero-order valence-electron chi connectivity index (χ0n) is 17.9. The second-order valence-electron chi connectivity index (χ2n) is 9.48. The molecule has 2 atom stereocenters. The largest absolute Gasteiger partial charge is 0.387 e. The van der Waals surface area contributed by atoms with Gasteiger partial charge in [0.15, 0.2) is 0 Å². The Hall–Kier alpha value is -3.03. The van der Waals surface area contributed by atoms with Crippen molar-refractivity contribution in [3.63, 3.8) is 0 Å². The highest BCUT2D eigenvalue weighted by molar-refractivity contribution is 5.92. The van der Waals surface area contributed by atoms with Gasteiger partial charge in [-0.05, 0) is 42.7 Å². The van der Waals surface area contributed by atoms with Crippen LogP contribution in [0.3, 0.4) is 0 Å². The lowest BCUT2D eigenvalue weighted by molar-refractivity contribution is -0.0416. The number of hydrogen-bond donors (Lipinski definition) is 1. The molecular weight excluding hydrogens is 400 g/mol. The fourth-order valence-corrected chi connectivity index (χ4v) is 5.81. The van der Waals surface area contributed by atoms with Gasteiger partial charge in [0.25, 0.3) is 0 Å². The van der Waals surface area contributed by atoms with E-state index in [1.54, 1.807) is 0 Å². The van der Waals surface area contributed by atoms with Gasteiger partial charge >= 0.3 is 0 Å². The summed E-state index contributed by atoms with van der Waals surface area (Å²) < 4.78 is 5.76. The number of pyridine rings is 2. The monoisotopic (exact) mass is 426 g/mol. The van der Waals surface area contributed by atoms with Crippen molar-refractivity contribution in [2.45, 2.75) is 37.4 Å². The molecule has 7 nitrogen and oxygen atoms in total. The molecule has 0 spiro atoms. The van der Waals surface area contributed by atoms with Crippen molar-refractivity contribution in [3.8, 4) is 11.3 Å². The van der Waals surface area contributed by atoms with Crippen LogP contribution in [0.4, 0.5) is 11.4 Å². The van der Waals surface area contributed by atoms with Gasteiger partial charge in [0.2, 0.25) is 0 Å². The highest BCUT2D eigenvalue weighted by Crippen LogP contribution is 2.36. The van der Waals surface area contributed by atoms with Gasteiger partial charge < -0.3 is 15.4 Å². The maximum Gasteiger partial charge on any atom is 0.104 e. The first-order valence-electron chi connectivity index (χ1n) is 11.5. The smallest absolute Gasteiger partial charge is 0.104 e. The second-order valence-corrected chi connectivity index (χ2v) is 9.48. The van der Waals surface area contributed by atoms with Crippen LogP contribution >= 0.6 is 0 Å². The minimum atomic E-state index is 0.617. The second kappa shape index (κ2) is 6.98. The third-order valence-electron chi connectivity index (χ3n) is 7.49. The standard InChI is InChI=1S/C25H26N6O/c26-25-8-16-2-1-15(7-23(16)29-25)21-5-6-22-24(28-21)9-19(10-27-22)30-11-20(12-30)31-17-3-4-18(31)14-32-13-17/h1-2,5-7,9-10,17-18,20H,3-4,8,11-14H2,(H2,26,29). The molecule has 2 aromatic heterocycles. The lowest BCUT2D eigenvalue weighted by Gasteiger charge is -2.50. The van der Waals surface area contributed by atoms with Crippen LogP contribution in [-0.4, -0.2) is 65.1 Å². The van der Waals surface area contributed by atoms with Gasteiger partial charge in [-0.25, -0.2) is 9.98 Å². The van der Waals surface area contributed by atoms with Crippen molar-refractivity contribution in [3.05, 3.63) is 48.2 Å². The molecule has 7 heteroatoms. The van der Waals surface area contributed by atoms with E-state index in [1.165, 1.54) is 18.4 Å². The molecular formula is C25H26N6O. The summed E-state index contributed by atoms with van der Waals surface area (Å²) in [6, 6.07) is 14.4. The van der Waals surface area contributed by atoms with E-state index < -0.39 is 0 Å². The zero-order valence-corrected chi connectivity index (χ0v) is 17.9. The lowest BCUT2D eigenvalue weighted by atomic mass is 10.0. The molecule has 3 fully saturated rings. The summed E-state index contributed by atoms with van der Waals surface area (Å²) in [4.78, 5) is 19.2. The Balaban J connectivity index is 1.13. The Morgan fingerprint density at radius 2 is 1.78 bits per heavy atom. The number of fused-ring (bicyclic) bond motifs is 4. The summed E-state index contributed by atoms with van der Waals surface area (Å²) in [5.74, 6) is 0.676. The van der Waals surface area contributed by atoms with Gasteiger partial charge in [-0.2, -0.15) is 0 Å². The van der Waals surface area contributed by atoms with E-state index in [0.717, 1.165) is 66.4 Å². The third kappa shape index (κ3) is 2.92. The van der Waals surface area contributed by atoms with Crippen molar-refractivity contribution in [2.75, 3.05) is 31.2 Å². The third-order valence-corrected chi connectivity index (χ3v) is 7.49. The minimum absolute atomic E-state index is 0.617. The number of anilines is 1.